The topological polar surface area (TPSA) is 45.5 Å². The molecule has 4 heteroatoms. The quantitative estimate of drug-likeness (QED) is 0.912. The van der Waals surface area contributed by atoms with Crippen molar-refractivity contribution in [1.82, 2.24) is 9.47 Å². The normalized spacial score (nSPS) is 19.9. The number of carbonyl (C=O) groups is 1. The molecule has 1 aromatic carbocycles. The summed E-state index contributed by atoms with van der Waals surface area (Å²) >= 11 is 0. The number of rotatable bonds is 2. The highest BCUT2D eigenvalue weighted by atomic mass is 16.3. The maximum atomic E-state index is 12.6. The van der Waals surface area contributed by atoms with Crippen LogP contribution in [-0.4, -0.2) is 27.1 Å². The van der Waals surface area contributed by atoms with Gasteiger partial charge in [0.1, 0.15) is 6.10 Å². The van der Waals surface area contributed by atoms with E-state index in [2.05, 4.69) is 0 Å². The van der Waals surface area contributed by atoms with Gasteiger partial charge in [0, 0.05) is 5.69 Å². The third-order valence-corrected chi connectivity index (χ3v) is 4.00. The van der Waals surface area contributed by atoms with Gasteiger partial charge in [-0.05, 0) is 31.5 Å². The van der Waals surface area contributed by atoms with Crippen LogP contribution in [-0.2, 0) is 0 Å². The molecule has 2 heterocycles. The Bertz CT molecular complexity index is 633. The third-order valence-electron chi connectivity index (χ3n) is 4.00. The van der Waals surface area contributed by atoms with Crippen molar-refractivity contribution in [3.8, 4) is 0 Å². The smallest absolute Gasteiger partial charge is 0.329 e. The molecular weight excluding hydrogens is 252 g/mol. The van der Waals surface area contributed by atoms with Crippen LogP contribution in [0.2, 0.25) is 0 Å². The van der Waals surface area contributed by atoms with Crippen molar-refractivity contribution in [1.29, 1.82) is 0 Å². The van der Waals surface area contributed by atoms with Crippen molar-refractivity contribution in [2.24, 2.45) is 0 Å². The van der Waals surface area contributed by atoms with Gasteiger partial charge in [0.15, 0.2) is 0 Å². The fourth-order valence-electron chi connectivity index (χ4n) is 2.80. The van der Waals surface area contributed by atoms with Gasteiger partial charge in [-0.2, -0.15) is 0 Å². The van der Waals surface area contributed by atoms with Crippen LogP contribution >= 0.6 is 0 Å². The molecule has 1 aliphatic heterocycles. The fourth-order valence-corrected chi connectivity index (χ4v) is 2.80. The number of aliphatic hydroxyl groups is 1. The van der Waals surface area contributed by atoms with Crippen LogP contribution in [0.4, 0.5) is 4.79 Å². The number of carbonyl (C=O) groups excluding carboxylic acids is 1. The van der Waals surface area contributed by atoms with E-state index in [-0.39, 0.29) is 12.1 Å². The van der Waals surface area contributed by atoms with Crippen LogP contribution < -0.4 is 0 Å². The first-order valence-corrected chi connectivity index (χ1v) is 6.82. The highest BCUT2D eigenvalue weighted by Gasteiger charge is 2.33. The van der Waals surface area contributed by atoms with Gasteiger partial charge in [-0.3, -0.25) is 4.57 Å². The molecule has 2 atom stereocenters. The number of fused-ring (bicyclic) bond motifs is 1. The second kappa shape index (κ2) is 4.80. The van der Waals surface area contributed by atoms with Crippen molar-refractivity contribution >= 4 is 6.03 Å². The van der Waals surface area contributed by atoms with Crippen LogP contribution in [0.3, 0.4) is 0 Å². The van der Waals surface area contributed by atoms with Crippen LogP contribution in [0, 0.1) is 6.92 Å². The van der Waals surface area contributed by atoms with Crippen molar-refractivity contribution in [2.75, 3.05) is 6.54 Å². The van der Waals surface area contributed by atoms with Crippen molar-refractivity contribution < 1.29 is 9.90 Å². The minimum absolute atomic E-state index is 0.0618. The molecule has 104 valence electrons. The van der Waals surface area contributed by atoms with Gasteiger partial charge in [-0.25, -0.2) is 4.79 Å². The SMILES string of the molecule is Cc1ccc2n1C(=O)N([C@H](C)c1ccccc1)C[C@H]2O. The molecule has 1 aliphatic rings. The fraction of sp³-hybridized carbons (Fsp3) is 0.312. The van der Waals surface area contributed by atoms with Crippen molar-refractivity contribution in [3.05, 3.63) is 59.4 Å². The maximum Gasteiger partial charge on any atom is 0.329 e. The summed E-state index contributed by atoms with van der Waals surface area (Å²) in [6, 6.07) is 13.4. The molecule has 1 aromatic heterocycles. The first kappa shape index (κ1) is 12.9. The molecule has 1 amide bonds. The number of nitrogens with zero attached hydrogens (tertiary/aromatic N) is 2. The summed E-state index contributed by atoms with van der Waals surface area (Å²) < 4.78 is 1.60. The Morgan fingerprint density at radius 2 is 1.90 bits per heavy atom. The lowest BCUT2D eigenvalue weighted by atomic mass is 10.1. The molecule has 3 rings (SSSR count). The van der Waals surface area contributed by atoms with Gasteiger partial charge in [0.2, 0.25) is 0 Å². The van der Waals surface area contributed by atoms with E-state index in [0.717, 1.165) is 11.3 Å². The Morgan fingerprint density at radius 1 is 1.20 bits per heavy atom. The van der Waals surface area contributed by atoms with Crippen LogP contribution in [0.15, 0.2) is 42.5 Å². The molecule has 0 fully saturated rings. The first-order chi connectivity index (χ1) is 9.59. The number of aryl methyl sites for hydroxylation is 1. The highest BCUT2D eigenvalue weighted by Crippen LogP contribution is 2.30. The van der Waals surface area contributed by atoms with E-state index in [1.165, 1.54) is 0 Å². The van der Waals surface area contributed by atoms with E-state index in [1.54, 1.807) is 9.47 Å². The van der Waals surface area contributed by atoms with E-state index >= 15 is 0 Å². The molecule has 0 radical (unpaired) electrons. The number of benzene rings is 1. The number of hydrogen-bond acceptors (Lipinski definition) is 2. The zero-order chi connectivity index (χ0) is 14.3. The molecule has 20 heavy (non-hydrogen) atoms. The highest BCUT2D eigenvalue weighted by molar-refractivity contribution is 5.80. The summed E-state index contributed by atoms with van der Waals surface area (Å²) in [7, 11) is 0. The molecule has 0 saturated heterocycles. The summed E-state index contributed by atoms with van der Waals surface area (Å²) in [4.78, 5) is 14.4. The van der Waals surface area contributed by atoms with Crippen LogP contribution in [0.1, 0.15) is 36.0 Å². The molecule has 0 saturated carbocycles. The number of amides is 1. The Morgan fingerprint density at radius 3 is 2.60 bits per heavy atom. The minimum atomic E-state index is -0.632. The monoisotopic (exact) mass is 270 g/mol. The maximum absolute atomic E-state index is 12.6. The van der Waals surface area contributed by atoms with E-state index in [4.69, 9.17) is 0 Å². The predicted octanol–water partition coefficient (Wildman–Crippen LogP) is 2.87. The first-order valence-electron chi connectivity index (χ1n) is 6.82. The van der Waals surface area contributed by atoms with E-state index in [9.17, 15) is 9.90 Å². The molecule has 0 unspecified atom stereocenters. The second-order valence-corrected chi connectivity index (χ2v) is 5.27. The third kappa shape index (κ3) is 1.93. The molecule has 2 aromatic rings. The van der Waals surface area contributed by atoms with Crippen LogP contribution in [0.5, 0.6) is 0 Å². The standard InChI is InChI=1S/C16H18N2O2/c1-11-8-9-14-15(19)10-17(16(20)18(11)14)12(2)13-6-4-3-5-7-13/h3-9,12,15,19H,10H2,1-2H3/t12-,15-/m1/s1. The number of aromatic nitrogens is 1. The number of aliphatic hydroxyl groups excluding tert-OH is 1. The summed E-state index contributed by atoms with van der Waals surface area (Å²) in [6.07, 6.45) is -0.632. The van der Waals surface area contributed by atoms with E-state index in [0.29, 0.717) is 12.2 Å². The molecule has 1 N–H and O–H groups in total. The molecule has 0 aliphatic carbocycles. The largest absolute Gasteiger partial charge is 0.385 e. The van der Waals surface area contributed by atoms with Crippen molar-refractivity contribution in [2.45, 2.75) is 26.0 Å². The lowest BCUT2D eigenvalue weighted by Gasteiger charge is -2.36. The average molecular weight is 270 g/mol. The number of β-amino-alcohol motifs (C(OH)–C–C–N with tert-alkyl or cyclic N) is 1. The van der Waals surface area contributed by atoms with Gasteiger partial charge in [0.05, 0.1) is 18.3 Å². The summed E-state index contributed by atoms with van der Waals surface area (Å²) in [5, 5.41) is 10.2. The Kier molecular flexibility index (Phi) is 3.10. The van der Waals surface area contributed by atoms with Gasteiger partial charge in [-0.1, -0.05) is 30.3 Å². The minimum Gasteiger partial charge on any atom is -0.385 e. The van der Waals surface area contributed by atoms with Gasteiger partial charge in [0.25, 0.3) is 0 Å². The van der Waals surface area contributed by atoms with Crippen molar-refractivity contribution in [3.63, 3.8) is 0 Å². The lowest BCUT2D eigenvalue weighted by Crippen LogP contribution is -2.45. The summed E-state index contributed by atoms with van der Waals surface area (Å²) in [6.45, 7) is 4.20. The lowest BCUT2D eigenvalue weighted by molar-refractivity contribution is 0.0833. The van der Waals surface area contributed by atoms with Gasteiger partial charge < -0.3 is 10.0 Å². The van der Waals surface area contributed by atoms with Gasteiger partial charge in [-0.15, -0.1) is 0 Å². The molecule has 0 bridgehead atoms. The summed E-state index contributed by atoms with van der Waals surface area (Å²) in [5.41, 5.74) is 2.61. The average Bonchev–Trinajstić information content (AvgIpc) is 2.86. The van der Waals surface area contributed by atoms with E-state index in [1.807, 2.05) is 56.3 Å². The molecule has 0 spiro atoms. The number of hydrogen-bond donors (Lipinski definition) is 1. The van der Waals surface area contributed by atoms with Gasteiger partial charge >= 0.3 is 6.03 Å². The molecule has 4 nitrogen and oxygen atoms in total. The Hall–Kier alpha value is -2.07. The Balaban J connectivity index is 1.97. The zero-order valence-electron chi connectivity index (χ0n) is 11.7. The Labute approximate surface area is 118 Å². The predicted molar refractivity (Wildman–Crippen MR) is 76.5 cm³/mol. The van der Waals surface area contributed by atoms with E-state index < -0.39 is 6.10 Å². The molecular formula is C16H18N2O2. The second-order valence-electron chi connectivity index (χ2n) is 5.27. The summed E-state index contributed by atoms with van der Waals surface area (Å²) in [5.74, 6) is 0. The van der Waals surface area contributed by atoms with Crippen LogP contribution in [0.25, 0.3) is 0 Å². The zero-order valence-corrected chi connectivity index (χ0v) is 11.7.